The van der Waals surface area contributed by atoms with E-state index < -0.39 is 23.8 Å². The van der Waals surface area contributed by atoms with Gasteiger partial charge in [0, 0.05) is 0 Å². The number of carbonyl (C=O) groups excluding carboxylic acids is 3. The number of halogens is 1. The maximum absolute atomic E-state index is 13.0. The summed E-state index contributed by atoms with van der Waals surface area (Å²) in [6.45, 7) is 0.164. The highest BCUT2D eigenvalue weighted by atomic mass is 35.5. The van der Waals surface area contributed by atoms with E-state index in [1.807, 2.05) is 30.3 Å². The smallest absolute Gasteiger partial charge is 0.339 e. The number of anilines is 1. The lowest BCUT2D eigenvalue weighted by atomic mass is 10.0. The minimum atomic E-state index is -1.24. The molecule has 34 heavy (non-hydrogen) atoms. The summed E-state index contributed by atoms with van der Waals surface area (Å²) >= 11 is 6.12. The Hall–Kier alpha value is -4.43. The van der Waals surface area contributed by atoms with Crippen molar-refractivity contribution >= 4 is 47.2 Å². The summed E-state index contributed by atoms with van der Waals surface area (Å²) in [4.78, 5) is 50.3. The summed E-state index contributed by atoms with van der Waals surface area (Å²) in [6, 6.07) is 18.7. The SMILES string of the molecule is O=C1NC(=O)N(c2ccccc2Cl)C(=O)/C1=C/c1ccc(OCc2ccccc2)c(C(=O)O)c1. The van der Waals surface area contributed by atoms with E-state index in [2.05, 4.69) is 5.32 Å². The maximum Gasteiger partial charge on any atom is 0.339 e. The Kier molecular flexibility index (Phi) is 6.42. The van der Waals surface area contributed by atoms with Gasteiger partial charge in [-0.15, -0.1) is 0 Å². The zero-order valence-corrected chi connectivity index (χ0v) is 18.3. The van der Waals surface area contributed by atoms with Gasteiger partial charge in [-0.1, -0.05) is 60.1 Å². The predicted molar refractivity (Wildman–Crippen MR) is 125 cm³/mol. The summed E-state index contributed by atoms with van der Waals surface area (Å²) < 4.78 is 5.66. The van der Waals surface area contributed by atoms with Gasteiger partial charge in [0.15, 0.2) is 0 Å². The number of urea groups is 1. The van der Waals surface area contributed by atoms with Gasteiger partial charge < -0.3 is 9.84 Å². The highest BCUT2D eigenvalue weighted by Crippen LogP contribution is 2.29. The second-order valence-electron chi connectivity index (χ2n) is 7.24. The maximum atomic E-state index is 13.0. The number of amides is 4. The van der Waals surface area contributed by atoms with Crippen LogP contribution in [0.15, 0.2) is 78.4 Å². The molecule has 1 aliphatic heterocycles. The third-order valence-corrected chi connectivity index (χ3v) is 5.30. The van der Waals surface area contributed by atoms with Crippen LogP contribution in [0.2, 0.25) is 5.02 Å². The first-order chi connectivity index (χ1) is 16.3. The number of para-hydroxylation sites is 1. The molecule has 3 aromatic carbocycles. The van der Waals surface area contributed by atoms with Crippen LogP contribution in [-0.4, -0.2) is 28.9 Å². The number of ether oxygens (including phenoxy) is 1. The quantitative estimate of drug-likeness (QED) is 0.405. The average molecular weight is 477 g/mol. The number of hydrogen-bond donors (Lipinski definition) is 2. The Morgan fingerprint density at radius 3 is 2.41 bits per heavy atom. The zero-order valence-electron chi connectivity index (χ0n) is 17.5. The summed E-state index contributed by atoms with van der Waals surface area (Å²) in [7, 11) is 0. The van der Waals surface area contributed by atoms with E-state index in [-0.39, 0.29) is 39.8 Å². The first kappa shape index (κ1) is 22.8. The highest BCUT2D eigenvalue weighted by Gasteiger charge is 2.37. The summed E-state index contributed by atoms with van der Waals surface area (Å²) in [5, 5.41) is 11.9. The van der Waals surface area contributed by atoms with Crippen LogP contribution in [0, 0.1) is 0 Å². The second kappa shape index (κ2) is 9.60. The standard InChI is InChI=1S/C25H17ClN2O6/c26-19-8-4-5-9-20(19)28-23(30)18(22(29)27-25(28)33)13-16-10-11-21(17(12-16)24(31)32)34-14-15-6-2-1-3-7-15/h1-13H,14H2,(H,31,32)(H,27,29,33)/b18-13+. The largest absolute Gasteiger partial charge is 0.488 e. The second-order valence-corrected chi connectivity index (χ2v) is 7.65. The van der Waals surface area contributed by atoms with Crippen LogP contribution in [0.4, 0.5) is 10.5 Å². The van der Waals surface area contributed by atoms with Gasteiger partial charge in [-0.25, -0.2) is 14.5 Å². The van der Waals surface area contributed by atoms with Gasteiger partial charge in [-0.2, -0.15) is 0 Å². The molecule has 3 aromatic rings. The molecule has 4 amide bonds. The van der Waals surface area contributed by atoms with Crippen molar-refractivity contribution in [3.8, 4) is 5.75 Å². The number of aromatic carboxylic acids is 1. The van der Waals surface area contributed by atoms with Crippen LogP contribution in [0.3, 0.4) is 0 Å². The Morgan fingerprint density at radius 2 is 1.71 bits per heavy atom. The Balaban J connectivity index is 1.65. The van der Waals surface area contributed by atoms with Crippen LogP contribution in [0.1, 0.15) is 21.5 Å². The van der Waals surface area contributed by atoms with Gasteiger partial charge in [0.1, 0.15) is 23.5 Å². The van der Waals surface area contributed by atoms with Crippen molar-refractivity contribution in [3.05, 3.63) is 100 Å². The monoisotopic (exact) mass is 476 g/mol. The van der Waals surface area contributed by atoms with E-state index in [1.54, 1.807) is 12.1 Å². The van der Waals surface area contributed by atoms with Crippen molar-refractivity contribution in [1.29, 1.82) is 0 Å². The molecule has 1 saturated heterocycles. The molecular weight excluding hydrogens is 460 g/mol. The molecular formula is C25H17ClN2O6. The minimum absolute atomic E-state index is 0.112. The molecule has 0 saturated carbocycles. The molecule has 8 nitrogen and oxygen atoms in total. The minimum Gasteiger partial charge on any atom is -0.488 e. The molecule has 9 heteroatoms. The van der Waals surface area contributed by atoms with Crippen molar-refractivity contribution in [2.45, 2.75) is 6.61 Å². The molecule has 4 rings (SSSR count). The molecule has 0 aromatic heterocycles. The molecule has 0 atom stereocenters. The summed E-state index contributed by atoms with van der Waals surface area (Å²) in [6.07, 6.45) is 1.21. The van der Waals surface area contributed by atoms with Gasteiger partial charge in [0.2, 0.25) is 0 Å². The predicted octanol–water partition coefficient (Wildman–Crippen LogP) is 4.28. The van der Waals surface area contributed by atoms with Crippen LogP contribution in [-0.2, 0) is 16.2 Å². The Morgan fingerprint density at radius 1 is 1.00 bits per heavy atom. The van der Waals surface area contributed by atoms with E-state index in [4.69, 9.17) is 16.3 Å². The molecule has 0 spiro atoms. The number of rotatable bonds is 6. The molecule has 0 aliphatic carbocycles. The fourth-order valence-corrected chi connectivity index (χ4v) is 3.56. The molecule has 170 valence electrons. The van der Waals surface area contributed by atoms with Gasteiger partial charge in [0.25, 0.3) is 11.8 Å². The van der Waals surface area contributed by atoms with Crippen LogP contribution in [0.5, 0.6) is 5.75 Å². The zero-order chi connectivity index (χ0) is 24.2. The third kappa shape index (κ3) is 4.67. The lowest BCUT2D eigenvalue weighted by Crippen LogP contribution is -2.54. The van der Waals surface area contributed by atoms with Gasteiger partial charge in [0.05, 0.1) is 10.7 Å². The Labute approximate surface area is 199 Å². The summed E-state index contributed by atoms with van der Waals surface area (Å²) in [5.74, 6) is -2.90. The molecule has 0 unspecified atom stereocenters. The number of nitrogens with one attached hydrogen (secondary N) is 1. The third-order valence-electron chi connectivity index (χ3n) is 4.98. The van der Waals surface area contributed by atoms with Crippen molar-refractivity contribution in [2.24, 2.45) is 0 Å². The first-order valence-electron chi connectivity index (χ1n) is 10.0. The van der Waals surface area contributed by atoms with E-state index in [9.17, 15) is 24.3 Å². The molecule has 1 aliphatic rings. The molecule has 0 radical (unpaired) electrons. The van der Waals surface area contributed by atoms with E-state index in [0.717, 1.165) is 10.5 Å². The van der Waals surface area contributed by atoms with Crippen molar-refractivity contribution in [3.63, 3.8) is 0 Å². The molecule has 2 N–H and O–H groups in total. The number of carboxylic acids is 1. The van der Waals surface area contributed by atoms with E-state index >= 15 is 0 Å². The van der Waals surface area contributed by atoms with Crippen molar-refractivity contribution in [1.82, 2.24) is 5.32 Å². The molecule has 0 bridgehead atoms. The average Bonchev–Trinajstić information content (AvgIpc) is 2.82. The number of benzene rings is 3. The fourth-order valence-electron chi connectivity index (χ4n) is 3.34. The Bertz CT molecular complexity index is 1340. The number of barbiturate groups is 1. The van der Waals surface area contributed by atoms with Gasteiger partial charge >= 0.3 is 12.0 Å². The van der Waals surface area contributed by atoms with E-state index in [0.29, 0.717) is 0 Å². The van der Waals surface area contributed by atoms with Crippen LogP contribution < -0.4 is 15.0 Å². The van der Waals surface area contributed by atoms with Crippen molar-refractivity contribution < 1.29 is 29.0 Å². The fraction of sp³-hybridized carbons (Fsp3) is 0.0400. The van der Waals surface area contributed by atoms with Gasteiger partial charge in [-0.05, 0) is 41.5 Å². The number of hydrogen-bond acceptors (Lipinski definition) is 5. The topological polar surface area (TPSA) is 113 Å². The summed E-state index contributed by atoms with van der Waals surface area (Å²) in [5.41, 5.74) is 0.734. The molecule has 1 heterocycles. The van der Waals surface area contributed by atoms with Crippen LogP contribution in [0.25, 0.3) is 6.08 Å². The number of carboxylic acid groups (broad SMARTS) is 1. The number of carbonyl (C=O) groups is 4. The van der Waals surface area contributed by atoms with E-state index in [1.165, 1.54) is 36.4 Å². The lowest BCUT2D eigenvalue weighted by molar-refractivity contribution is -0.122. The first-order valence-corrected chi connectivity index (χ1v) is 10.4. The number of imide groups is 2. The normalized spacial score (nSPS) is 14.8. The van der Waals surface area contributed by atoms with Gasteiger partial charge in [-0.3, -0.25) is 14.9 Å². The highest BCUT2D eigenvalue weighted by molar-refractivity contribution is 6.42. The molecule has 1 fully saturated rings. The van der Waals surface area contributed by atoms with Crippen LogP contribution >= 0.6 is 11.6 Å². The lowest BCUT2D eigenvalue weighted by Gasteiger charge is -2.27. The van der Waals surface area contributed by atoms with Crippen molar-refractivity contribution in [2.75, 3.05) is 4.90 Å². The number of nitrogens with zero attached hydrogens (tertiary/aromatic N) is 1.